The molecule has 0 fully saturated rings. The van der Waals surface area contributed by atoms with Gasteiger partial charge in [-0.15, -0.1) is 0 Å². The van der Waals surface area contributed by atoms with Gasteiger partial charge in [0.2, 0.25) is 0 Å². The Bertz CT molecular complexity index is 2540. The number of para-hydroxylation sites is 2. The Hall–Kier alpha value is -6.15. The zero-order valence-electron chi connectivity index (χ0n) is 33.6. The highest BCUT2D eigenvalue weighted by molar-refractivity contribution is 7.51. The third-order valence-electron chi connectivity index (χ3n) is 10.2. The molecule has 0 bridgehead atoms. The van der Waals surface area contributed by atoms with E-state index in [1.165, 1.54) is 14.2 Å². The second-order valence-corrected chi connectivity index (χ2v) is 16.4. The van der Waals surface area contributed by atoms with Crippen molar-refractivity contribution < 1.29 is 46.5 Å². The maximum absolute atomic E-state index is 14.0. The molecule has 0 N–H and O–H groups in total. The summed E-state index contributed by atoms with van der Waals surface area (Å²) in [6, 6.07) is 35.4. The van der Waals surface area contributed by atoms with E-state index in [2.05, 4.69) is 13.8 Å². The molecule has 0 aromatic heterocycles. The highest BCUT2D eigenvalue weighted by Crippen LogP contribution is 2.59. The second-order valence-electron chi connectivity index (χ2n) is 14.2. The van der Waals surface area contributed by atoms with Crippen LogP contribution < -0.4 is 22.8 Å². The molecule has 6 aromatic rings. The lowest BCUT2D eigenvalue weighted by atomic mass is 9.91. The van der Waals surface area contributed by atoms with Gasteiger partial charge in [0.25, 0.3) is 0 Å². The maximum atomic E-state index is 14.0. The van der Waals surface area contributed by atoms with Gasteiger partial charge in [0.1, 0.15) is 22.6 Å². The molecule has 0 saturated carbocycles. The van der Waals surface area contributed by atoms with E-state index >= 15 is 0 Å². The highest BCUT2D eigenvalue weighted by atomic mass is 31.2. The summed E-state index contributed by atoms with van der Waals surface area (Å²) in [4.78, 5) is 41.6. The van der Waals surface area contributed by atoms with E-state index in [-0.39, 0.29) is 22.6 Å². The first-order valence-corrected chi connectivity index (χ1v) is 22.1. The summed E-state index contributed by atoms with van der Waals surface area (Å²) in [5.41, 5.74) is 4.34. The molecule has 0 saturated heterocycles. The Kier molecular flexibility index (Phi) is 12.2. The SMILES string of the molecule is CCCCc1cc(C(=O)OC)c(OP2Oc3cccc4cccc(c34)O2)c(-c2cc(CCCC)cc(C(=O)OC)c2OP2OC(=O)c3ccccc3N2c2ccccc2)c1. The van der Waals surface area contributed by atoms with Gasteiger partial charge >= 0.3 is 35.0 Å². The normalized spacial score (nSPS) is 14.4. The number of fused-ring (bicyclic) bond motifs is 1. The molecule has 60 heavy (non-hydrogen) atoms. The van der Waals surface area contributed by atoms with Crippen LogP contribution in [-0.4, -0.2) is 32.1 Å². The molecule has 13 heteroatoms. The maximum Gasteiger partial charge on any atom is 0.530 e. The predicted octanol–water partition coefficient (Wildman–Crippen LogP) is 12.5. The van der Waals surface area contributed by atoms with Crippen molar-refractivity contribution in [3.8, 4) is 34.1 Å². The lowest BCUT2D eigenvalue weighted by Gasteiger charge is -2.35. The van der Waals surface area contributed by atoms with Crippen LogP contribution in [0, 0.1) is 0 Å². The fraction of sp³-hybridized carbons (Fsp3) is 0.213. The molecule has 2 heterocycles. The third kappa shape index (κ3) is 8.08. The number of carbonyl (C=O) groups is 3. The number of hydrogen-bond acceptors (Lipinski definition) is 11. The summed E-state index contributed by atoms with van der Waals surface area (Å²) in [5.74, 6) is -0.566. The van der Waals surface area contributed by atoms with Crippen LogP contribution in [0.1, 0.15) is 81.7 Å². The molecule has 0 amide bonds. The summed E-state index contributed by atoms with van der Waals surface area (Å²) in [7, 11) is -1.88. The fourth-order valence-electron chi connectivity index (χ4n) is 7.28. The van der Waals surface area contributed by atoms with E-state index in [4.69, 9.17) is 32.1 Å². The monoisotopic (exact) mass is 843 g/mol. The zero-order valence-corrected chi connectivity index (χ0v) is 35.4. The number of esters is 2. The van der Waals surface area contributed by atoms with Gasteiger partial charge < -0.3 is 32.1 Å². The van der Waals surface area contributed by atoms with E-state index < -0.39 is 35.0 Å². The zero-order chi connectivity index (χ0) is 41.8. The smallest absolute Gasteiger partial charge is 0.465 e. The van der Waals surface area contributed by atoms with E-state index in [1.807, 2.05) is 95.7 Å². The molecule has 2 aliphatic rings. The number of hydrogen-bond donors (Lipinski definition) is 0. The van der Waals surface area contributed by atoms with Crippen molar-refractivity contribution in [2.24, 2.45) is 0 Å². The van der Waals surface area contributed by atoms with Gasteiger partial charge in [-0.05, 0) is 103 Å². The van der Waals surface area contributed by atoms with Crippen LogP contribution in [0.15, 0.2) is 115 Å². The van der Waals surface area contributed by atoms with Crippen LogP contribution in [-0.2, 0) is 26.8 Å². The minimum absolute atomic E-state index is 0.0722. The van der Waals surface area contributed by atoms with Crippen molar-refractivity contribution in [3.05, 3.63) is 143 Å². The van der Waals surface area contributed by atoms with Gasteiger partial charge in [-0.25, -0.2) is 14.4 Å². The van der Waals surface area contributed by atoms with Gasteiger partial charge in [-0.1, -0.05) is 81.3 Å². The number of ether oxygens (including phenoxy) is 2. The first-order chi connectivity index (χ1) is 29.3. The van der Waals surface area contributed by atoms with Crippen molar-refractivity contribution in [2.75, 3.05) is 18.9 Å². The molecule has 8 rings (SSSR count). The first kappa shape index (κ1) is 40.6. The number of benzene rings is 6. The molecule has 0 spiro atoms. The van der Waals surface area contributed by atoms with Crippen molar-refractivity contribution >= 4 is 57.2 Å². The molecule has 2 aliphatic heterocycles. The number of carbonyl (C=O) groups excluding carboxylic acids is 3. The number of rotatable bonds is 14. The van der Waals surface area contributed by atoms with E-state index in [0.29, 0.717) is 52.4 Å². The number of aryl methyl sites for hydroxylation is 2. The van der Waals surface area contributed by atoms with Gasteiger partial charge in [-0.3, -0.25) is 4.67 Å². The minimum atomic E-state index is -2.30. The summed E-state index contributed by atoms with van der Waals surface area (Å²) in [6.45, 7) is 4.18. The topological polar surface area (TPSA) is 119 Å². The third-order valence-corrected chi connectivity index (χ3v) is 12.7. The van der Waals surface area contributed by atoms with Gasteiger partial charge in [-0.2, -0.15) is 0 Å². The largest absolute Gasteiger partial charge is 0.530 e. The summed E-state index contributed by atoms with van der Waals surface area (Å²) >= 11 is 0. The Labute approximate surface area is 351 Å². The Morgan fingerprint density at radius 1 is 0.617 bits per heavy atom. The van der Waals surface area contributed by atoms with Gasteiger partial charge in [0.15, 0.2) is 11.5 Å². The molecule has 6 aromatic carbocycles. The highest BCUT2D eigenvalue weighted by Gasteiger charge is 2.40. The summed E-state index contributed by atoms with van der Waals surface area (Å²) < 4.78 is 45.2. The number of anilines is 2. The fourth-order valence-corrected chi connectivity index (χ4v) is 9.83. The van der Waals surface area contributed by atoms with Crippen LogP contribution >= 0.6 is 17.1 Å². The number of nitrogens with zero attached hydrogens (tertiary/aromatic N) is 1. The molecule has 1 atom stereocenters. The van der Waals surface area contributed by atoms with Crippen LogP contribution in [0.4, 0.5) is 11.4 Å². The minimum Gasteiger partial charge on any atom is -0.465 e. The number of unbranched alkanes of at least 4 members (excludes halogenated alkanes) is 2. The lowest BCUT2D eigenvalue weighted by molar-refractivity contribution is 0.0588. The molecule has 1 unspecified atom stereocenters. The van der Waals surface area contributed by atoms with Gasteiger partial charge in [0.05, 0.1) is 36.5 Å². The van der Waals surface area contributed by atoms with Crippen LogP contribution in [0.25, 0.3) is 21.9 Å². The van der Waals surface area contributed by atoms with Crippen LogP contribution in [0.5, 0.6) is 23.0 Å². The summed E-state index contributed by atoms with van der Waals surface area (Å²) in [6.07, 6.45) is 4.71. The van der Waals surface area contributed by atoms with Crippen molar-refractivity contribution in [3.63, 3.8) is 0 Å². The molecule has 0 aliphatic carbocycles. The van der Waals surface area contributed by atoms with Crippen LogP contribution in [0.2, 0.25) is 0 Å². The average Bonchev–Trinajstić information content (AvgIpc) is 3.28. The Morgan fingerprint density at radius 3 is 1.73 bits per heavy atom. The molecule has 11 nitrogen and oxygen atoms in total. The summed E-state index contributed by atoms with van der Waals surface area (Å²) in [5, 5.41) is 1.75. The Morgan fingerprint density at radius 2 is 1.17 bits per heavy atom. The van der Waals surface area contributed by atoms with Gasteiger partial charge in [0, 0.05) is 11.1 Å². The van der Waals surface area contributed by atoms with Crippen molar-refractivity contribution in [2.45, 2.75) is 52.4 Å². The quantitative estimate of drug-likeness (QED) is 0.0770. The average molecular weight is 844 g/mol. The Balaban J connectivity index is 1.35. The number of methoxy groups -OCH3 is 2. The molecule has 306 valence electrons. The van der Waals surface area contributed by atoms with Crippen molar-refractivity contribution in [1.29, 1.82) is 0 Å². The molecular weight excluding hydrogens is 800 g/mol. The van der Waals surface area contributed by atoms with E-state index in [9.17, 15) is 14.4 Å². The van der Waals surface area contributed by atoms with E-state index in [0.717, 1.165) is 47.6 Å². The van der Waals surface area contributed by atoms with Crippen molar-refractivity contribution in [1.82, 2.24) is 0 Å². The second kappa shape index (κ2) is 18.0. The van der Waals surface area contributed by atoms with E-state index in [1.54, 1.807) is 24.3 Å². The van der Waals surface area contributed by atoms with Crippen LogP contribution in [0.3, 0.4) is 0 Å². The molecular formula is C47H43NO10P2. The standard InChI is InChI=1S/C47H43NO10P2/c1-5-7-16-30-26-35(43(37(28-30)45(49)52-3)56-59-48(33-20-10-9-11-21-33)39-23-13-12-22-34(39)47(51)58-59)36-27-31(17-8-6-2)29-38(46(50)53-4)44(36)57-60-54-40-24-14-18-32-19-15-25-41(55-60)42(32)40/h9-15,18-29H,5-8,16-17H2,1-4H3. The lowest BCUT2D eigenvalue weighted by Crippen LogP contribution is -2.25. The predicted molar refractivity (Wildman–Crippen MR) is 233 cm³/mol. The first-order valence-electron chi connectivity index (χ1n) is 19.8. The molecule has 0 radical (unpaired) electrons.